The summed E-state index contributed by atoms with van der Waals surface area (Å²) in [6.45, 7) is 6.90. The SMILES string of the molecule is CCc1nc(SCC(=O)NCCC(C)C)n(C)c(=O)c1Cc1cccc(Cl)c1. The van der Waals surface area contributed by atoms with Gasteiger partial charge in [-0.15, -0.1) is 0 Å². The second-order valence-electron chi connectivity index (χ2n) is 7.17. The number of benzene rings is 1. The summed E-state index contributed by atoms with van der Waals surface area (Å²) in [6.07, 6.45) is 2.09. The van der Waals surface area contributed by atoms with Crippen molar-refractivity contribution in [2.45, 2.75) is 45.2 Å². The molecule has 1 aromatic carbocycles. The van der Waals surface area contributed by atoms with Gasteiger partial charge in [0.1, 0.15) is 0 Å². The fraction of sp³-hybridized carbons (Fsp3) is 0.476. The van der Waals surface area contributed by atoms with Crippen LogP contribution in [0.4, 0.5) is 0 Å². The van der Waals surface area contributed by atoms with E-state index in [4.69, 9.17) is 11.6 Å². The first-order valence-electron chi connectivity index (χ1n) is 9.54. The second kappa shape index (κ2) is 10.7. The summed E-state index contributed by atoms with van der Waals surface area (Å²) in [7, 11) is 1.70. The van der Waals surface area contributed by atoms with Gasteiger partial charge in [-0.25, -0.2) is 4.98 Å². The van der Waals surface area contributed by atoms with Crippen molar-refractivity contribution < 1.29 is 4.79 Å². The first kappa shape index (κ1) is 22.5. The van der Waals surface area contributed by atoms with Gasteiger partial charge in [-0.2, -0.15) is 0 Å². The average molecular weight is 422 g/mol. The van der Waals surface area contributed by atoms with Crippen LogP contribution in [0.25, 0.3) is 0 Å². The molecule has 0 fully saturated rings. The average Bonchev–Trinajstić information content (AvgIpc) is 2.64. The van der Waals surface area contributed by atoms with Crippen LogP contribution in [0, 0.1) is 5.92 Å². The number of halogens is 1. The molecule has 0 radical (unpaired) electrons. The lowest BCUT2D eigenvalue weighted by atomic mass is 10.0. The van der Waals surface area contributed by atoms with Crippen molar-refractivity contribution in [1.29, 1.82) is 0 Å². The van der Waals surface area contributed by atoms with E-state index in [1.165, 1.54) is 16.3 Å². The lowest BCUT2D eigenvalue weighted by Crippen LogP contribution is -2.29. The molecule has 0 spiro atoms. The summed E-state index contributed by atoms with van der Waals surface area (Å²) < 4.78 is 1.53. The molecule has 2 aromatic rings. The predicted octanol–water partition coefficient (Wildman–Crippen LogP) is 3.84. The molecule has 5 nitrogen and oxygen atoms in total. The first-order valence-corrected chi connectivity index (χ1v) is 10.9. The van der Waals surface area contributed by atoms with Crippen molar-refractivity contribution >= 4 is 29.3 Å². The summed E-state index contributed by atoms with van der Waals surface area (Å²) in [4.78, 5) is 29.6. The topological polar surface area (TPSA) is 64.0 Å². The molecule has 152 valence electrons. The van der Waals surface area contributed by atoms with Crippen LogP contribution in [-0.2, 0) is 24.7 Å². The molecule has 28 heavy (non-hydrogen) atoms. The molecule has 0 atom stereocenters. The van der Waals surface area contributed by atoms with Crippen molar-refractivity contribution in [2.24, 2.45) is 13.0 Å². The molecule has 0 unspecified atom stereocenters. The molecular formula is C21H28ClN3O2S. The van der Waals surface area contributed by atoms with Crippen LogP contribution in [-0.4, -0.2) is 27.8 Å². The Morgan fingerprint density at radius 3 is 2.75 bits per heavy atom. The minimum Gasteiger partial charge on any atom is -0.355 e. The summed E-state index contributed by atoms with van der Waals surface area (Å²) in [5.74, 6) is 0.755. The van der Waals surface area contributed by atoms with Crippen molar-refractivity contribution in [3.8, 4) is 0 Å². The van der Waals surface area contributed by atoms with Crippen molar-refractivity contribution in [2.75, 3.05) is 12.3 Å². The zero-order chi connectivity index (χ0) is 20.7. The Morgan fingerprint density at radius 1 is 1.36 bits per heavy atom. The number of amides is 1. The van der Waals surface area contributed by atoms with E-state index in [9.17, 15) is 9.59 Å². The number of rotatable bonds is 9. The molecule has 2 rings (SSSR count). The van der Waals surface area contributed by atoms with E-state index in [0.29, 0.717) is 41.0 Å². The quantitative estimate of drug-likeness (QED) is 0.493. The third-order valence-corrected chi connectivity index (χ3v) is 5.67. The molecule has 1 amide bonds. The van der Waals surface area contributed by atoms with Gasteiger partial charge in [0.15, 0.2) is 5.16 Å². The molecule has 1 N–H and O–H groups in total. The fourth-order valence-corrected chi connectivity index (χ4v) is 3.83. The third kappa shape index (κ3) is 6.38. The van der Waals surface area contributed by atoms with E-state index < -0.39 is 0 Å². The molecule has 0 bridgehead atoms. The van der Waals surface area contributed by atoms with Crippen molar-refractivity contribution in [3.63, 3.8) is 0 Å². The number of aryl methyl sites for hydroxylation is 1. The van der Waals surface area contributed by atoms with E-state index in [2.05, 4.69) is 24.1 Å². The molecule has 1 aromatic heterocycles. The number of nitrogens with one attached hydrogen (secondary N) is 1. The normalized spacial score (nSPS) is 11.1. The number of hydrogen-bond acceptors (Lipinski definition) is 4. The Kier molecular flexibility index (Phi) is 8.58. The molecular weight excluding hydrogens is 394 g/mol. The number of thioether (sulfide) groups is 1. The zero-order valence-electron chi connectivity index (χ0n) is 16.9. The molecule has 0 saturated carbocycles. The molecule has 0 aliphatic heterocycles. The minimum atomic E-state index is -0.0745. The van der Waals surface area contributed by atoms with Crippen molar-refractivity contribution in [1.82, 2.24) is 14.9 Å². The van der Waals surface area contributed by atoms with E-state index in [0.717, 1.165) is 17.7 Å². The molecule has 0 saturated heterocycles. The highest BCUT2D eigenvalue weighted by Crippen LogP contribution is 2.19. The van der Waals surface area contributed by atoms with E-state index in [-0.39, 0.29) is 17.2 Å². The number of carbonyl (C=O) groups excluding carboxylic acids is 1. The zero-order valence-corrected chi connectivity index (χ0v) is 18.5. The summed E-state index contributed by atoms with van der Waals surface area (Å²) >= 11 is 7.36. The van der Waals surface area contributed by atoms with Gasteiger partial charge in [-0.3, -0.25) is 14.2 Å². The van der Waals surface area contributed by atoms with Gasteiger partial charge in [0, 0.05) is 30.6 Å². The van der Waals surface area contributed by atoms with Gasteiger partial charge in [-0.05, 0) is 36.5 Å². The first-order chi connectivity index (χ1) is 13.3. The summed E-state index contributed by atoms with van der Waals surface area (Å²) in [6, 6.07) is 7.51. The number of carbonyl (C=O) groups is 1. The fourth-order valence-electron chi connectivity index (χ4n) is 2.80. The van der Waals surface area contributed by atoms with Crippen LogP contribution in [0.15, 0.2) is 34.2 Å². The molecule has 7 heteroatoms. The van der Waals surface area contributed by atoms with Crippen LogP contribution in [0.5, 0.6) is 0 Å². The largest absolute Gasteiger partial charge is 0.355 e. The van der Waals surface area contributed by atoms with Crippen LogP contribution in [0.1, 0.15) is 44.0 Å². The molecule has 1 heterocycles. The second-order valence-corrected chi connectivity index (χ2v) is 8.54. The lowest BCUT2D eigenvalue weighted by Gasteiger charge is -2.13. The van der Waals surface area contributed by atoms with Gasteiger partial charge in [0.25, 0.3) is 5.56 Å². The summed E-state index contributed by atoms with van der Waals surface area (Å²) in [5.41, 5.74) is 2.35. The van der Waals surface area contributed by atoms with Crippen LogP contribution in [0.2, 0.25) is 5.02 Å². The Labute approximate surface area is 175 Å². The van der Waals surface area contributed by atoms with Gasteiger partial charge in [0.2, 0.25) is 5.91 Å². The lowest BCUT2D eigenvalue weighted by molar-refractivity contribution is -0.118. The van der Waals surface area contributed by atoms with Gasteiger partial charge in [-0.1, -0.05) is 56.3 Å². The number of aromatic nitrogens is 2. The van der Waals surface area contributed by atoms with Crippen molar-refractivity contribution in [3.05, 3.63) is 56.5 Å². The molecule has 0 aliphatic carbocycles. The Balaban J connectivity index is 2.14. The van der Waals surface area contributed by atoms with Crippen LogP contribution < -0.4 is 10.9 Å². The Morgan fingerprint density at radius 2 is 2.11 bits per heavy atom. The van der Waals surface area contributed by atoms with Crippen LogP contribution >= 0.6 is 23.4 Å². The third-order valence-electron chi connectivity index (χ3n) is 4.41. The monoisotopic (exact) mass is 421 g/mol. The van der Waals surface area contributed by atoms with Gasteiger partial charge >= 0.3 is 0 Å². The standard InChI is InChI=1S/C21H28ClN3O2S/c1-5-18-17(12-15-7-6-8-16(22)11-15)20(27)25(4)21(24-18)28-13-19(26)23-10-9-14(2)3/h6-8,11,14H,5,9-10,12-13H2,1-4H3,(H,23,26). The smallest absolute Gasteiger partial charge is 0.257 e. The minimum absolute atomic E-state index is 0.0408. The maximum Gasteiger partial charge on any atom is 0.257 e. The van der Waals surface area contributed by atoms with E-state index >= 15 is 0 Å². The van der Waals surface area contributed by atoms with Gasteiger partial charge < -0.3 is 5.32 Å². The highest BCUT2D eigenvalue weighted by atomic mass is 35.5. The highest BCUT2D eigenvalue weighted by Gasteiger charge is 2.15. The molecule has 0 aliphatic rings. The maximum absolute atomic E-state index is 12.9. The predicted molar refractivity (Wildman–Crippen MR) is 116 cm³/mol. The van der Waals surface area contributed by atoms with Crippen LogP contribution in [0.3, 0.4) is 0 Å². The maximum atomic E-state index is 12.9. The summed E-state index contributed by atoms with van der Waals surface area (Å²) in [5, 5.41) is 4.12. The highest BCUT2D eigenvalue weighted by molar-refractivity contribution is 7.99. The Hall–Kier alpha value is -1.79. The van der Waals surface area contributed by atoms with Gasteiger partial charge in [0.05, 0.1) is 11.4 Å². The number of hydrogen-bond donors (Lipinski definition) is 1. The number of nitrogens with zero attached hydrogens (tertiary/aromatic N) is 2. The van der Waals surface area contributed by atoms with E-state index in [1.807, 2.05) is 31.2 Å². The Bertz CT molecular complexity index is 880. The van der Waals surface area contributed by atoms with E-state index in [1.54, 1.807) is 7.05 Å².